The fourth-order valence-corrected chi connectivity index (χ4v) is 0.654. The second-order valence-electron chi connectivity index (χ2n) is 3.32. The van der Waals surface area contributed by atoms with Gasteiger partial charge in [-0.3, -0.25) is 0 Å². The van der Waals surface area contributed by atoms with Crippen molar-refractivity contribution in [2.75, 3.05) is 0 Å². The molecule has 0 rings (SSSR count). The highest BCUT2D eigenvalue weighted by atomic mass is 19.4. The first-order chi connectivity index (χ1) is 5.13. The Kier molecular flexibility index (Phi) is 3.53. The average Bonchev–Trinajstić information content (AvgIpc) is 1.78. The molecule has 0 fully saturated rings. The van der Waals surface area contributed by atoms with Gasteiger partial charge in [0.25, 0.3) is 0 Å². The second-order valence-corrected chi connectivity index (χ2v) is 3.32. The van der Waals surface area contributed by atoms with E-state index in [0.717, 1.165) is 0 Å². The maximum atomic E-state index is 11.6. The van der Waals surface area contributed by atoms with Crippen molar-refractivity contribution >= 4 is 0 Å². The zero-order valence-corrected chi connectivity index (χ0v) is 7.02. The van der Waals surface area contributed by atoms with E-state index in [-0.39, 0.29) is 0 Å². The fourth-order valence-electron chi connectivity index (χ4n) is 0.654. The van der Waals surface area contributed by atoms with Gasteiger partial charge in [0.1, 0.15) is 0 Å². The molecule has 0 amide bonds. The second kappa shape index (κ2) is 3.62. The predicted molar refractivity (Wildman–Crippen MR) is 37.6 cm³/mol. The van der Waals surface area contributed by atoms with E-state index in [0.29, 0.717) is 0 Å². The minimum absolute atomic E-state index is 0.465. The third kappa shape index (κ3) is 5.37. The van der Waals surface area contributed by atoms with Gasteiger partial charge in [0.05, 0.1) is 11.7 Å². The quantitative estimate of drug-likeness (QED) is 0.700. The Hall–Kier alpha value is -0.290. The average molecular weight is 186 g/mol. The lowest BCUT2D eigenvalue weighted by molar-refractivity contribution is -0.147. The molecule has 1 atom stereocenters. The van der Waals surface area contributed by atoms with Crippen molar-refractivity contribution in [1.29, 1.82) is 0 Å². The number of aliphatic hydroxyl groups is 2. The topological polar surface area (TPSA) is 40.5 Å². The summed E-state index contributed by atoms with van der Waals surface area (Å²) in [6.45, 7) is 2.54. The van der Waals surface area contributed by atoms with Crippen molar-refractivity contribution in [3.05, 3.63) is 0 Å². The van der Waals surface area contributed by atoms with Crippen LogP contribution in [0.5, 0.6) is 0 Å². The van der Waals surface area contributed by atoms with Crippen LogP contribution in [-0.2, 0) is 0 Å². The molecule has 2 nitrogen and oxygen atoms in total. The van der Waals surface area contributed by atoms with Gasteiger partial charge in [-0.25, -0.2) is 0 Å². The standard InChI is InChI=1S/C7H13F3O2/c1-6(2,12)5(11)3-4-7(8,9)10/h5,11-12H,3-4H2,1-2H3. The highest BCUT2D eigenvalue weighted by molar-refractivity contribution is 4.76. The molecular formula is C7H13F3O2. The van der Waals surface area contributed by atoms with Crippen LogP contribution in [-0.4, -0.2) is 28.1 Å². The molecule has 0 bridgehead atoms. The molecule has 0 aliphatic rings. The molecule has 0 aromatic carbocycles. The lowest BCUT2D eigenvalue weighted by Crippen LogP contribution is -2.36. The maximum Gasteiger partial charge on any atom is 0.389 e. The Morgan fingerprint density at radius 2 is 1.67 bits per heavy atom. The van der Waals surface area contributed by atoms with Crippen molar-refractivity contribution < 1.29 is 23.4 Å². The summed E-state index contributed by atoms with van der Waals surface area (Å²) < 4.78 is 34.8. The third-order valence-corrected chi connectivity index (χ3v) is 1.52. The van der Waals surface area contributed by atoms with Crippen LogP contribution >= 0.6 is 0 Å². The lowest BCUT2D eigenvalue weighted by atomic mass is 9.98. The van der Waals surface area contributed by atoms with Crippen LogP contribution in [0.15, 0.2) is 0 Å². The van der Waals surface area contributed by atoms with E-state index in [9.17, 15) is 13.2 Å². The molecule has 74 valence electrons. The van der Waals surface area contributed by atoms with Crippen LogP contribution in [0.4, 0.5) is 13.2 Å². The van der Waals surface area contributed by atoms with Gasteiger partial charge in [-0.05, 0) is 20.3 Å². The van der Waals surface area contributed by atoms with Gasteiger partial charge in [-0.2, -0.15) is 13.2 Å². The minimum atomic E-state index is -4.27. The normalized spacial score (nSPS) is 16.2. The summed E-state index contributed by atoms with van der Waals surface area (Å²) in [6, 6.07) is 0. The predicted octanol–water partition coefficient (Wildman–Crippen LogP) is 1.46. The molecule has 0 saturated heterocycles. The number of halogens is 3. The van der Waals surface area contributed by atoms with Crippen LogP contribution in [0.25, 0.3) is 0 Å². The molecular weight excluding hydrogens is 173 g/mol. The van der Waals surface area contributed by atoms with E-state index >= 15 is 0 Å². The molecule has 2 N–H and O–H groups in total. The van der Waals surface area contributed by atoms with Gasteiger partial charge < -0.3 is 10.2 Å². The Bertz CT molecular complexity index is 137. The monoisotopic (exact) mass is 186 g/mol. The number of aliphatic hydroxyl groups excluding tert-OH is 1. The van der Waals surface area contributed by atoms with E-state index < -0.39 is 30.7 Å². The Morgan fingerprint density at radius 1 is 1.25 bits per heavy atom. The summed E-state index contributed by atoms with van der Waals surface area (Å²) in [5.74, 6) is 0. The van der Waals surface area contributed by atoms with Crippen molar-refractivity contribution in [3.8, 4) is 0 Å². The highest BCUT2D eigenvalue weighted by Crippen LogP contribution is 2.24. The number of alkyl halides is 3. The van der Waals surface area contributed by atoms with Crippen molar-refractivity contribution in [3.63, 3.8) is 0 Å². The van der Waals surface area contributed by atoms with Gasteiger partial charge in [-0.1, -0.05) is 0 Å². The van der Waals surface area contributed by atoms with Gasteiger partial charge >= 0.3 is 6.18 Å². The van der Waals surface area contributed by atoms with Crippen molar-refractivity contribution in [1.82, 2.24) is 0 Å². The van der Waals surface area contributed by atoms with Gasteiger partial charge in [-0.15, -0.1) is 0 Å². The van der Waals surface area contributed by atoms with Crippen LogP contribution in [0.1, 0.15) is 26.7 Å². The zero-order valence-electron chi connectivity index (χ0n) is 7.02. The van der Waals surface area contributed by atoms with Crippen LogP contribution < -0.4 is 0 Å². The largest absolute Gasteiger partial charge is 0.390 e. The van der Waals surface area contributed by atoms with Crippen molar-refractivity contribution in [2.45, 2.75) is 44.6 Å². The first kappa shape index (κ1) is 11.7. The summed E-state index contributed by atoms with van der Waals surface area (Å²) in [5.41, 5.74) is -1.47. The van der Waals surface area contributed by atoms with E-state index in [1.165, 1.54) is 13.8 Å². The summed E-state index contributed by atoms with van der Waals surface area (Å²) >= 11 is 0. The number of hydrogen-bond donors (Lipinski definition) is 2. The van der Waals surface area contributed by atoms with Crippen LogP contribution in [0.2, 0.25) is 0 Å². The summed E-state index contributed by atoms with van der Waals surface area (Å²) in [7, 11) is 0. The summed E-state index contributed by atoms with van der Waals surface area (Å²) in [4.78, 5) is 0. The molecule has 0 aromatic heterocycles. The SMILES string of the molecule is CC(C)(O)C(O)CCC(F)(F)F. The maximum absolute atomic E-state index is 11.6. The van der Waals surface area contributed by atoms with Crippen LogP contribution in [0.3, 0.4) is 0 Å². The van der Waals surface area contributed by atoms with Gasteiger partial charge in [0.15, 0.2) is 0 Å². The minimum Gasteiger partial charge on any atom is -0.390 e. The highest BCUT2D eigenvalue weighted by Gasteiger charge is 2.32. The molecule has 5 heteroatoms. The van der Waals surface area contributed by atoms with E-state index in [1.54, 1.807) is 0 Å². The molecule has 0 saturated carbocycles. The fraction of sp³-hybridized carbons (Fsp3) is 1.00. The van der Waals surface area contributed by atoms with Gasteiger partial charge in [0.2, 0.25) is 0 Å². The van der Waals surface area contributed by atoms with Crippen LogP contribution in [0, 0.1) is 0 Å². The summed E-state index contributed by atoms with van der Waals surface area (Å²) in [5, 5.41) is 18.1. The molecule has 12 heavy (non-hydrogen) atoms. The number of hydrogen-bond acceptors (Lipinski definition) is 2. The number of rotatable bonds is 3. The molecule has 0 heterocycles. The molecule has 1 unspecified atom stereocenters. The molecule has 0 aromatic rings. The Morgan fingerprint density at radius 3 is 1.92 bits per heavy atom. The third-order valence-electron chi connectivity index (χ3n) is 1.52. The molecule has 0 aliphatic carbocycles. The Labute approximate surface area is 69.0 Å². The van der Waals surface area contributed by atoms with Gasteiger partial charge in [0, 0.05) is 6.42 Å². The lowest BCUT2D eigenvalue weighted by Gasteiger charge is -2.24. The Balaban J connectivity index is 3.80. The van der Waals surface area contributed by atoms with Crippen molar-refractivity contribution in [2.24, 2.45) is 0 Å². The van der Waals surface area contributed by atoms with E-state index in [4.69, 9.17) is 10.2 Å². The molecule has 0 radical (unpaired) electrons. The first-order valence-corrected chi connectivity index (χ1v) is 3.60. The smallest absolute Gasteiger partial charge is 0.389 e. The van der Waals surface area contributed by atoms with E-state index in [2.05, 4.69) is 0 Å². The molecule has 0 aliphatic heterocycles. The zero-order chi connectivity index (χ0) is 9.99. The first-order valence-electron chi connectivity index (χ1n) is 3.60. The summed E-state index contributed by atoms with van der Waals surface area (Å²) in [6.07, 6.45) is -7.14. The van der Waals surface area contributed by atoms with E-state index in [1.807, 2.05) is 0 Å². The molecule has 0 spiro atoms.